The van der Waals surface area contributed by atoms with Crippen molar-refractivity contribution in [1.82, 2.24) is 20.0 Å². The first-order valence-electron chi connectivity index (χ1n) is 8.14. The molecule has 20 heavy (non-hydrogen) atoms. The molecule has 1 heterocycles. The highest BCUT2D eigenvalue weighted by Gasteiger charge is 2.29. The van der Waals surface area contributed by atoms with Gasteiger partial charge >= 0.3 is 0 Å². The molecule has 0 saturated carbocycles. The van der Waals surface area contributed by atoms with Crippen molar-refractivity contribution in [2.75, 3.05) is 66.5 Å². The van der Waals surface area contributed by atoms with Crippen LogP contribution in [0, 0.1) is 5.92 Å². The maximum atomic E-state index is 3.45. The minimum absolute atomic E-state index is 0.267. The molecule has 1 rings (SSSR count). The van der Waals surface area contributed by atoms with Crippen LogP contribution in [0.2, 0.25) is 0 Å². The summed E-state index contributed by atoms with van der Waals surface area (Å²) in [6.07, 6.45) is 0. The first-order valence-corrected chi connectivity index (χ1v) is 8.14. The summed E-state index contributed by atoms with van der Waals surface area (Å²) in [5, 5.41) is 3.45. The third-order valence-corrected chi connectivity index (χ3v) is 4.07. The van der Waals surface area contributed by atoms with Crippen molar-refractivity contribution in [2.45, 2.75) is 33.2 Å². The third kappa shape index (κ3) is 6.53. The van der Waals surface area contributed by atoms with Crippen LogP contribution in [0.4, 0.5) is 0 Å². The predicted molar refractivity (Wildman–Crippen MR) is 88.4 cm³/mol. The summed E-state index contributed by atoms with van der Waals surface area (Å²) in [5.41, 5.74) is 0.267. The number of rotatable bonds is 8. The summed E-state index contributed by atoms with van der Waals surface area (Å²) >= 11 is 0. The van der Waals surface area contributed by atoms with Gasteiger partial charge in [-0.2, -0.15) is 0 Å². The fraction of sp³-hybridized carbons (Fsp3) is 1.00. The van der Waals surface area contributed by atoms with Gasteiger partial charge in [-0.05, 0) is 33.9 Å². The SMILES string of the molecule is CC(C)CN(CCN(C)C)CC(C)(C)N1CCNCC1. The van der Waals surface area contributed by atoms with Crippen molar-refractivity contribution in [2.24, 2.45) is 5.92 Å². The van der Waals surface area contributed by atoms with Gasteiger partial charge in [-0.25, -0.2) is 0 Å². The second-order valence-electron chi connectivity index (χ2n) is 7.48. The summed E-state index contributed by atoms with van der Waals surface area (Å²) in [7, 11) is 4.32. The molecule has 0 aliphatic carbocycles. The molecule has 0 radical (unpaired) electrons. The number of nitrogens with one attached hydrogen (secondary N) is 1. The Labute approximate surface area is 126 Å². The topological polar surface area (TPSA) is 21.8 Å². The Morgan fingerprint density at radius 1 is 1.10 bits per heavy atom. The second kappa shape index (κ2) is 8.32. The van der Waals surface area contributed by atoms with Gasteiger partial charge < -0.3 is 10.2 Å². The van der Waals surface area contributed by atoms with E-state index in [9.17, 15) is 0 Å². The Morgan fingerprint density at radius 3 is 2.20 bits per heavy atom. The minimum atomic E-state index is 0.267. The summed E-state index contributed by atoms with van der Waals surface area (Å²) in [4.78, 5) is 7.57. The van der Waals surface area contributed by atoms with Crippen LogP contribution >= 0.6 is 0 Å². The number of hydrogen-bond acceptors (Lipinski definition) is 4. The first-order chi connectivity index (χ1) is 9.31. The molecule has 1 saturated heterocycles. The van der Waals surface area contributed by atoms with Crippen LogP contribution in [0.25, 0.3) is 0 Å². The maximum absolute atomic E-state index is 3.45. The zero-order valence-corrected chi connectivity index (χ0v) is 14.6. The highest BCUT2D eigenvalue weighted by atomic mass is 15.3. The van der Waals surface area contributed by atoms with Crippen molar-refractivity contribution >= 4 is 0 Å². The highest BCUT2D eigenvalue weighted by Crippen LogP contribution is 2.17. The Balaban J connectivity index is 2.55. The molecule has 4 heteroatoms. The Morgan fingerprint density at radius 2 is 1.70 bits per heavy atom. The van der Waals surface area contributed by atoms with Crippen molar-refractivity contribution < 1.29 is 0 Å². The van der Waals surface area contributed by atoms with Crippen LogP contribution in [0.5, 0.6) is 0 Å². The van der Waals surface area contributed by atoms with Crippen LogP contribution in [0.15, 0.2) is 0 Å². The van der Waals surface area contributed by atoms with Gasteiger partial charge in [-0.1, -0.05) is 13.8 Å². The molecule has 0 aromatic heterocycles. The molecular formula is C16H36N4. The zero-order chi connectivity index (χ0) is 15.2. The molecule has 1 aliphatic rings. The lowest BCUT2D eigenvalue weighted by atomic mass is 10.00. The van der Waals surface area contributed by atoms with E-state index < -0.39 is 0 Å². The van der Waals surface area contributed by atoms with E-state index in [1.807, 2.05) is 0 Å². The van der Waals surface area contributed by atoms with Crippen LogP contribution in [-0.2, 0) is 0 Å². The van der Waals surface area contributed by atoms with E-state index in [1.165, 1.54) is 32.7 Å². The smallest absolute Gasteiger partial charge is 0.0281 e. The van der Waals surface area contributed by atoms with E-state index in [4.69, 9.17) is 0 Å². The lowest BCUT2D eigenvalue weighted by Crippen LogP contribution is -2.58. The first kappa shape index (κ1) is 17.9. The van der Waals surface area contributed by atoms with Crippen molar-refractivity contribution in [1.29, 1.82) is 0 Å². The van der Waals surface area contributed by atoms with Gasteiger partial charge in [0.15, 0.2) is 0 Å². The molecule has 0 aromatic carbocycles. The van der Waals surface area contributed by atoms with E-state index in [-0.39, 0.29) is 5.54 Å². The summed E-state index contributed by atoms with van der Waals surface area (Å²) in [6.45, 7) is 18.7. The van der Waals surface area contributed by atoms with Crippen molar-refractivity contribution in [3.05, 3.63) is 0 Å². The van der Waals surface area contributed by atoms with Gasteiger partial charge in [0, 0.05) is 57.9 Å². The lowest BCUT2D eigenvalue weighted by Gasteiger charge is -2.44. The number of piperazine rings is 1. The minimum Gasteiger partial charge on any atom is -0.314 e. The van der Waals surface area contributed by atoms with E-state index in [1.54, 1.807) is 0 Å². The zero-order valence-electron chi connectivity index (χ0n) is 14.6. The van der Waals surface area contributed by atoms with Crippen LogP contribution in [-0.4, -0.2) is 86.7 Å². The maximum Gasteiger partial charge on any atom is 0.0281 e. The average Bonchev–Trinajstić information content (AvgIpc) is 2.36. The Hall–Kier alpha value is -0.160. The number of likely N-dealkylation sites (N-methyl/N-ethyl adjacent to an activating group) is 1. The highest BCUT2D eigenvalue weighted by molar-refractivity contribution is 4.88. The predicted octanol–water partition coefficient (Wildman–Crippen LogP) is 1.19. The Bertz CT molecular complexity index is 257. The molecule has 1 aliphatic heterocycles. The molecule has 120 valence electrons. The third-order valence-electron chi connectivity index (χ3n) is 4.07. The van der Waals surface area contributed by atoms with Crippen molar-refractivity contribution in [3.8, 4) is 0 Å². The molecule has 0 amide bonds. The quantitative estimate of drug-likeness (QED) is 0.723. The molecule has 1 N–H and O–H groups in total. The number of hydrogen-bond donors (Lipinski definition) is 1. The average molecular weight is 284 g/mol. The van der Waals surface area contributed by atoms with E-state index in [0.29, 0.717) is 0 Å². The fourth-order valence-electron chi connectivity index (χ4n) is 3.01. The summed E-state index contributed by atoms with van der Waals surface area (Å²) < 4.78 is 0. The van der Waals surface area contributed by atoms with E-state index >= 15 is 0 Å². The molecule has 1 fully saturated rings. The van der Waals surface area contributed by atoms with Gasteiger partial charge in [0.1, 0.15) is 0 Å². The molecular weight excluding hydrogens is 248 g/mol. The normalized spacial score (nSPS) is 18.4. The Kier molecular flexibility index (Phi) is 7.45. The standard InChI is InChI=1S/C16H36N4/c1-15(2)13-19(12-11-18(5)6)14-16(3,4)20-9-7-17-8-10-20/h15,17H,7-14H2,1-6H3. The largest absolute Gasteiger partial charge is 0.314 e. The van der Waals surface area contributed by atoms with Gasteiger partial charge in [0.05, 0.1) is 0 Å². The lowest BCUT2D eigenvalue weighted by molar-refractivity contribution is 0.0569. The molecule has 0 spiro atoms. The van der Waals surface area contributed by atoms with Gasteiger partial charge in [0.25, 0.3) is 0 Å². The van der Waals surface area contributed by atoms with E-state index in [2.05, 4.69) is 61.8 Å². The van der Waals surface area contributed by atoms with Crippen LogP contribution < -0.4 is 5.32 Å². The molecule has 0 aromatic rings. The van der Waals surface area contributed by atoms with Crippen LogP contribution in [0.1, 0.15) is 27.7 Å². The summed E-state index contributed by atoms with van der Waals surface area (Å²) in [6, 6.07) is 0. The molecule has 0 atom stereocenters. The van der Waals surface area contributed by atoms with Gasteiger partial charge in [-0.3, -0.25) is 9.80 Å². The second-order valence-corrected chi connectivity index (χ2v) is 7.48. The monoisotopic (exact) mass is 284 g/mol. The molecule has 0 bridgehead atoms. The van der Waals surface area contributed by atoms with Gasteiger partial charge in [-0.15, -0.1) is 0 Å². The summed E-state index contributed by atoms with van der Waals surface area (Å²) in [5.74, 6) is 0.732. The van der Waals surface area contributed by atoms with Gasteiger partial charge in [0.2, 0.25) is 0 Å². The van der Waals surface area contributed by atoms with E-state index in [0.717, 1.165) is 25.6 Å². The van der Waals surface area contributed by atoms with Crippen molar-refractivity contribution in [3.63, 3.8) is 0 Å². The van der Waals surface area contributed by atoms with Crippen LogP contribution in [0.3, 0.4) is 0 Å². The fourth-order valence-corrected chi connectivity index (χ4v) is 3.01. The number of nitrogens with zero attached hydrogens (tertiary/aromatic N) is 3. The molecule has 0 unspecified atom stereocenters. The molecule has 4 nitrogen and oxygen atoms in total.